The first-order valence-corrected chi connectivity index (χ1v) is 3.91. The Kier molecular flexibility index (Phi) is 4.69. The van der Waals surface area contributed by atoms with Crippen LogP contribution < -0.4 is 0 Å². The first kappa shape index (κ1) is 12.2. The molecule has 0 heterocycles. The number of carbonyl (C=O) groups excluding carboxylic acids is 1. The summed E-state index contributed by atoms with van der Waals surface area (Å²) in [6.45, 7) is 2.00. The Hall–Kier alpha value is -0.840. The number of carbonyl (C=O) groups is 1. The summed E-state index contributed by atoms with van der Waals surface area (Å²) in [7, 11) is 0. The Morgan fingerprint density at radius 3 is 1.92 bits per heavy atom. The molecule has 0 bridgehead atoms. The minimum Gasteiger partial charge on any atom is -0.307 e. The predicted molar refractivity (Wildman–Crippen MR) is 46.3 cm³/mol. The molecule has 0 aromatic heterocycles. The van der Waals surface area contributed by atoms with Crippen molar-refractivity contribution in [3.63, 3.8) is 0 Å². The van der Waals surface area contributed by atoms with E-state index >= 15 is 0 Å². The van der Waals surface area contributed by atoms with E-state index in [2.05, 4.69) is 15.9 Å². The van der Waals surface area contributed by atoms with E-state index in [4.69, 9.17) is 4.79 Å². The molecule has 0 radical (unpaired) electrons. The first-order chi connectivity index (χ1) is 6.02. The minimum atomic E-state index is -4.26. The van der Waals surface area contributed by atoms with Crippen LogP contribution in [0.1, 0.15) is 5.56 Å². The van der Waals surface area contributed by atoms with Crippen LogP contribution in [0.2, 0.25) is 0 Å². The molecular weight excluding hydrogens is 249 g/mol. The molecule has 13 heavy (non-hydrogen) atoms. The normalized spacial score (nSPS) is 10.2. The summed E-state index contributed by atoms with van der Waals surface area (Å²) in [6.07, 6.45) is -4.26. The van der Waals surface area contributed by atoms with E-state index < -0.39 is 11.7 Å². The number of rotatable bonds is 0. The van der Waals surface area contributed by atoms with Gasteiger partial charge in [0, 0.05) is 4.47 Å². The van der Waals surface area contributed by atoms with Crippen LogP contribution in [0.4, 0.5) is 13.2 Å². The molecule has 0 aliphatic rings. The molecule has 0 aliphatic carbocycles. The average Bonchev–Trinajstić information content (AvgIpc) is 2.07. The Morgan fingerprint density at radius 1 is 1.15 bits per heavy atom. The molecule has 0 unspecified atom stereocenters. The van der Waals surface area contributed by atoms with Crippen LogP contribution in [-0.4, -0.2) is 6.79 Å². The van der Waals surface area contributed by atoms with Gasteiger partial charge in [-0.25, -0.2) is 0 Å². The summed E-state index contributed by atoms with van der Waals surface area (Å²) >= 11 is 2.81. The fraction of sp³-hybridized carbons (Fsp3) is 0.125. The van der Waals surface area contributed by atoms with Crippen molar-refractivity contribution in [2.45, 2.75) is 6.18 Å². The molecule has 0 N–H and O–H groups in total. The smallest absolute Gasteiger partial charge is 0.307 e. The highest BCUT2D eigenvalue weighted by Gasteiger charge is 2.32. The molecule has 1 aromatic carbocycles. The lowest BCUT2D eigenvalue weighted by Crippen LogP contribution is -2.05. The fourth-order valence-electron chi connectivity index (χ4n) is 0.691. The molecule has 5 heteroatoms. The van der Waals surface area contributed by atoms with Gasteiger partial charge in [0.2, 0.25) is 0 Å². The fourth-order valence-corrected chi connectivity index (χ4v) is 1.20. The van der Waals surface area contributed by atoms with Gasteiger partial charge in [-0.3, -0.25) is 0 Å². The molecule has 1 nitrogen and oxygen atoms in total. The van der Waals surface area contributed by atoms with Crippen LogP contribution in [-0.2, 0) is 11.0 Å². The summed E-state index contributed by atoms with van der Waals surface area (Å²) in [4.78, 5) is 8.00. The minimum absolute atomic E-state index is 0.0764. The molecule has 0 saturated carbocycles. The Bertz CT molecular complexity index is 272. The van der Waals surface area contributed by atoms with E-state index in [9.17, 15) is 13.2 Å². The molecule has 1 rings (SSSR count). The van der Waals surface area contributed by atoms with Crippen molar-refractivity contribution < 1.29 is 18.0 Å². The number of hydrogen-bond donors (Lipinski definition) is 0. The Balaban J connectivity index is 0.000000671. The second-order valence-corrected chi connectivity index (χ2v) is 2.83. The molecular formula is C8H6BrF3O. The highest BCUT2D eigenvalue weighted by molar-refractivity contribution is 9.10. The van der Waals surface area contributed by atoms with E-state index in [1.165, 1.54) is 12.1 Å². The lowest BCUT2D eigenvalue weighted by atomic mass is 10.2. The van der Waals surface area contributed by atoms with Gasteiger partial charge in [0.1, 0.15) is 6.79 Å². The summed E-state index contributed by atoms with van der Waals surface area (Å²) in [5.41, 5.74) is -0.639. The van der Waals surface area contributed by atoms with Crippen LogP contribution in [0.25, 0.3) is 0 Å². The van der Waals surface area contributed by atoms with Crippen LogP contribution in [0, 0.1) is 0 Å². The highest BCUT2D eigenvalue weighted by atomic mass is 79.9. The molecule has 1 aromatic rings. The third-order valence-corrected chi connectivity index (χ3v) is 1.87. The van der Waals surface area contributed by atoms with E-state index in [-0.39, 0.29) is 4.47 Å². The first-order valence-electron chi connectivity index (χ1n) is 3.12. The number of alkyl halides is 3. The Labute approximate surface area is 81.7 Å². The van der Waals surface area contributed by atoms with Gasteiger partial charge in [0.25, 0.3) is 0 Å². The summed E-state index contributed by atoms with van der Waals surface area (Å²) < 4.78 is 36.1. The molecule has 0 atom stereocenters. The lowest BCUT2D eigenvalue weighted by Gasteiger charge is -2.07. The summed E-state index contributed by atoms with van der Waals surface area (Å²) in [5.74, 6) is 0. The standard InChI is InChI=1S/C7H4BrF3.CH2O/c8-6-4-2-1-3-5(6)7(9,10)11;1-2/h1-4H;1H2. The van der Waals surface area contributed by atoms with Gasteiger partial charge in [-0.2, -0.15) is 13.2 Å². The van der Waals surface area contributed by atoms with Gasteiger partial charge in [0.05, 0.1) is 5.56 Å². The zero-order valence-corrected chi connectivity index (χ0v) is 8.02. The van der Waals surface area contributed by atoms with Crippen molar-refractivity contribution >= 4 is 22.7 Å². The van der Waals surface area contributed by atoms with Gasteiger partial charge < -0.3 is 4.79 Å². The van der Waals surface area contributed by atoms with Crippen molar-refractivity contribution in [2.24, 2.45) is 0 Å². The maximum atomic E-state index is 12.0. The van der Waals surface area contributed by atoms with Crippen molar-refractivity contribution in [3.8, 4) is 0 Å². The van der Waals surface area contributed by atoms with Crippen molar-refractivity contribution in [1.82, 2.24) is 0 Å². The van der Waals surface area contributed by atoms with Gasteiger partial charge in [-0.15, -0.1) is 0 Å². The van der Waals surface area contributed by atoms with Crippen molar-refractivity contribution in [2.75, 3.05) is 0 Å². The maximum absolute atomic E-state index is 12.0. The third kappa shape index (κ3) is 3.59. The molecule has 0 saturated heterocycles. The quantitative estimate of drug-likeness (QED) is 0.695. The van der Waals surface area contributed by atoms with E-state index in [0.29, 0.717) is 0 Å². The second-order valence-electron chi connectivity index (χ2n) is 1.98. The predicted octanol–water partition coefficient (Wildman–Crippen LogP) is 3.28. The molecule has 0 aliphatic heterocycles. The van der Waals surface area contributed by atoms with Crippen molar-refractivity contribution in [3.05, 3.63) is 34.3 Å². The molecule has 0 spiro atoms. The van der Waals surface area contributed by atoms with Gasteiger partial charge in [0.15, 0.2) is 0 Å². The van der Waals surface area contributed by atoms with Gasteiger partial charge in [-0.05, 0) is 12.1 Å². The monoisotopic (exact) mass is 254 g/mol. The topological polar surface area (TPSA) is 17.1 Å². The largest absolute Gasteiger partial charge is 0.417 e. The highest BCUT2D eigenvalue weighted by Crippen LogP contribution is 2.34. The maximum Gasteiger partial charge on any atom is 0.417 e. The van der Waals surface area contributed by atoms with Gasteiger partial charge >= 0.3 is 6.18 Å². The van der Waals surface area contributed by atoms with E-state index in [1.54, 1.807) is 6.07 Å². The third-order valence-electron chi connectivity index (χ3n) is 1.18. The molecule has 0 fully saturated rings. The number of hydrogen-bond acceptors (Lipinski definition) is 1. The van der Waals surface area contributed by atoms with Crippen LogP contribution in [0.15, 0.2) is 28.7 Å². The zero-order valence-electron chi connectivity index (χ0n) is 6.44. The Morgan fingerprint density at radius 2 is 1.62 bits per heavy atom. The van der Waals surface area contributed by atoms with E-state index in [1.807, 2.05) is 6.79 Å². The zero-order chi connectivity index (χ0) is 10.5. The van der Waals surface area contributed by atoms with Crippen LogP contribution in [0.3, 0.4) is 0 Å². The number of halogens is 4. The van der Waals surface area contributed by atoms with Crippen molar-refractivity contribution in [1.29, 1.82) is 0 Å². The SMILES string of the molecule is C=O.FC(F)(F)c1ccccc1Br. The summed E-state index contributed by atoms with van der Waals surface area (Å²) in [6, 6.07) is 5.29. The number of benzene rings is 1. The molecule has 0 amide bonds. The van der Waals surface area contributed by atoms with Crippen LogP contribution in [0.5, 0.6) is 0 Å². The lowest BCUT2D eigenvalue weighted by molar-refractivity contribution is -0.138. The summed E-state index contributed by atoms with van der Waals surface area (Å²) in [5, 5.41) is 0. The van der Waals surface area contributed by atoms with E-state index in [0.717, 1.165) is 6.07 Å². The molecule has 72 valence electrons. The average molecular weight is 255 g/mol. The second kappa shape index (κ2) is 5.01. The van der Waals surface area contributed by atoms with Gasteiger partial charge in [-0.1, -0.05) is 28.1 Å². The van der Waals surface area contributed by atoms with Crippen LogP contribution >= 0.6 is 15.9 Å².